The van der Waals surface area contributed by atoms with Crippen LogP contribution in [0.15, 0.2) is 72.4 Å². The number of rotatable bonds is 9. The van der Waals surface area contributed by atoms with Gasteiger partial charge < -0.3 is 5.32 Å². The molecule has 0 radical (unpaired) electrons. The molecule has 0 spiro atoms. The van der Waals surface area contributed by atoms with Crippen LogP contribution in [-0.4, -0.2) is 12.6 Å². The Bertz CT molecular complexity index is 617. The molecule has 1 fully saturated rings. The van der Waals surface area contributed by atoms with E-state index in [2.05, 4.69) is 72.2 Å². The second-order valence-electron chi connectivity index (χ2n) is 9.92. The van der Waals surface area contributed by atoms with Crippen LogP contribution in [-0.2, 0) is 0 Å². The Kier molecular flexibility index (Phi) is 17.6. The molecular formula is C32H51N. The van der Waals surface area contributed by atoms with Crippen molar-refractivity contribution in [3.05, 3.63) is 72.4 Å². The van der Waals surface area contributed by atoms with Gasteiger partial charge in [-0.15, -0.1) is 0 Å². The average molecular weight is 450 g/mol. The first kappa shape index (κ1) is 27.6. The summed E-state index contributed by atoms with van der Waals surface area (Å²) in [5, 5.41) is 3.92. The largest absolute Gasteiger partial charge is 0.314 e. The first-order valence-electron chi connectivity index (χ1n) is 14.2. The summed E-state index contributed by atoms with van der Waals surface area (Å²) in [7, 11) is 0. The zero-order valence-electron chi connectivity index (χ0n) is 21.4. The van der Waals surface area contributed by atoms with Crippen molar-refractivity contribution in [3.63, 3.8) is 0 Å². The van der Waals surface area contributed by atoms with E-state index in [0.29, 0.717) is 0 Å². The molecule has 2 aliphatic carbocycles. The van der Waals surface area contributed by atoms with Crippen molar-refractivity contribution < 1.29 is 0 Å². The van der Waals surface area contributed by atoms with Gasteiger partial charge in [-0.3, -0.25) is 0 Å². The minimum absolute atomic E-state index is 0.776. The molecule has 2 rings (SSSR count). The Balaban J connectivity index is 1.55. The molecular weight excluding hydrogens is 398 g/mol. The summed E-state index contributed by atoms with van der Waals surface area (Å²) < 4.78 is 0. The topological polar surface area (TPSA) is 12.0 Å². The van der Waals surface area contributed by atoms with Crippen LogP contribution in [0, 0.1) is 0 Å². The van der Waals surface area contributed by atoms with Crippen LogP contribution in [0.5, 0.6) is 0 Å². The van der Waals surface area contributed by atoms with Gasteiger partial charge in [0.05, 0.1) is 0 Å². The van der Waals surface area contributed by atoms with Gasteiger partial charge in [0.1, 0.15) is 0 Å². The number of hydrogen-bond acceptors (Lipinski definition) is 1. The highest BCUT2D eigenvalue weighted by Crippen LogP contribution is 2.17. The van der Waals surface area contributed by atoms with Crippen molar-refractivity contribution >= 4 is 0 Å². The second kappa shape index (κ2) is 21.0. The molecule has 0 saturated heterocycles. The first-order chi connectivity index (χ1) is 16.4. The molecule has 1 heteroatoms. The Morgan fingerprint density at radius 2 is 1.00 bits per heavy atom. The monoisotopic (exact) mass is 449 g/mol. The predicted octanol–water partition coefficient (Wildman–Crippen LogP) is 9.70. The van der Waals surface area contributed by atoms with Gasteiger partial charge in [0.25, 0.3) is 0 Å². The Morgan fingerprint density at radius 1 is 0.515 bits per heavy atom. The summed E-state index contributed by atoms with van der Waals surface area (Å²) in [6.45, 7) is 1.22. The van der Waals surface area contributed by atoms with Crippen LogP contribution in [0.2, 0.25) is 0 Å². The summed E-state index contributed by atoms with van der Waals surface area (Å²) in [5.74, 6) is 0. The van der Waals surface area contributed by atoms with Crippen LogP contribution in [0.25, 0.3) is 0 Å². The van der Waals surface area contributed by atoms with Crippen molar-refractivity contribution in [2.24, 2.45) is 0 Å². The minimum Gasteiger partial charge on any atom is -0.314 e. The summed E-state index contributed by atoms with van der Waals surface area (Å²) in [5.41, 5.74) is 1.42. The molecule has 2 aliphatic rings. The van der Waals surface area contributed by atoms with Crippen molar-refractivity contribution in [2.75, 3.05) is 6.54 Å². The van der Waals surface area contributed by atoms with Crippen molar-refractivity contribution in [3.8, 4) is 0 Å². The third kappa shape index (κ3) is 16.6. The molecule has 0 aromatic rings. The molecule has 33 heavy (non-hydrogen) atoms. The van der Waals surface area contributed by atoms with E-state index in [4.69, 9.17) is 0 Å². The summed E-state index contributed by atoms with van der Waals surface area (Å²) in [6.07, 6.45) is 48.7. The molecule has 0 aromatic carbocycles. The highest BCUT2D eigenvalue weighted by molar-refractivity contribution is 5.29. The lowest BCUT2D eigenvalue weighted by Crippen LogP contribution is -2.30. The summed E-state index contributed by atoms with van der Waals surface area (Å²) >= 11 is 0. The van der Waals surface area contributed by atoms with Gasteiger partial charge in [-0.1, -0.05) is 150 Å². The van der Waals surface area contributed by atoms with E-state index in [1.54, 1.807) is 0 Å². The molecule has 1 nitrogen and oxygen atoms in total. The van der Waals surface area contributed by atoms with Crippen molar-refractivity contribution in [1.82, 2.24) is 5.32 Å². The van der Waals surface area contributed by atoms with E-state index >= 15 is 0 Å². The van der Waals surface area contributed by atoms with Crippen molar-refractivity contribution in [1.29, 1.82) is 0 Å². The van der Waals surface area contributed by atoms with E-state index in [0.717, 1.165) is 6.04 Å². The number of allylic oxidation sites excluding steroid dienone is 12. The van der Waals surface area contributed by atoms with Gasteiger partial charge in [0.15, 0.2) is 0 Å². The molecule has 0 atom stereocenters. The van der Waals surface area contributed by atoms with E-state index in [1.807, 2.05) is 0 Å². The van der Waals surface area contributed by atoms with Gasteiger partial charge >= 0.3 is 0 Å². The lowest BCUT2D eigenvalue weighted by Gasteiger charge is -2.19. The maximum absolute atomic E-state index is 3.92. The minimum atomic E-state index is 0.776. The van der Waals surface area contributed by atoms with E-state index in [-0.39, 0.29) is 0 Å². The third-order valence-corrected chi connectivity index (χ3v) is 6.94. The van der Waals surface area contributed by atoms with Crippen LogP contribution in [0.4, 0.5) is 0 Å². The zero-order valence-corrected chi connectivity index (χ0v) is 21.4. The number of unbranched alkanes of at least 4 members (excludes halogenated alkanes) is 4. The first-order valence-corrected chi connectivity index (χ1v) is 14.2. The van der Waals surface area contributed by atoms with Gasteiger partial charge in [-0.05, 0) is 44.2 Å². The molecule has 0 aliphatic heterocycles. The van der Waals surface area contributed by atoms with Crippen LogP contribution >= 0.6 is 0 Å². The quantitative estimate of drug-likeness (QED) is 0.345. The van der Waals surface area contributed by atoms with Gasteiger partial charge in [0.2, 0.25) is 0 Å². The Hall–Kier alpha value is -1.60. The fourth-order valence-corrected chi connectivity index (χ4v) is 4.86. The lowest BCUT2D eigenvalue weighted by molar-refractivity contribution is 0.410. The standard InChI is InChI=1S/C32H51N/c1-2-7-11-17-23-29-32(28-22-16-10-6-1)33-30-24-18-12-15-21-27-31-25-19-13-8-4-3-5-9-14-20-26-31/h3-5,8-9,13-14,19-20,25-26,32-33H,1-2,6-7,10-12,15-18,21-24,27-30H2/b4-3-,5-3?,8-4?,9-5-,13-8-,14-9?,19-13?,20-14-,25-19-,26-20?,31-25?,31-26+. The highest BCUT2D eigenvalue weighted by atomic mass is 14.9. The molecule has 0 heterocycles. The predicted molar refractivity (Wildman–Crippen MR) is 149 cm³/mol. The number of hydrogen-bond donors (Lipinski definition) is 1. The number of nitrogens with one attached hydrogen (secondary N) is 1. The maximum atomic E-state index is 3.92. The Labute approximate surface area is 205 Å². The molecule has 1 N–H and O–H groups in total. The van der Waals surface area contributed by atoms with Crippen LogP contribution in [0.3, 0.4) is 0 Å². The molecule has 1 saturated carbocycles. The third-order valence-electron chi connectivity index (χ3n) is 6.94. The molecule has 0 unspecified atom stereocenters. The second-order valence-corrected chi connectivity index (χ2v) is 9.92. The molecule has 0 aromatic heterocycles. The zero-order chi connectivity index (χ0) is 23.1. The van der Waals surface area contributed by atoms with E-state index in [9.17, 15) is 0 Å². The molecule has 184 valence electrons. The van der Waals surface area contributed by atoms with Crippen molar-refractivity contribution in [2.45, 2.75) is 122 Å². The van der Waals surface area contributed by atoms with E-state index in [1.165, 1.54) is 128 Å². The highest BCUT2D eigenvalue weighted by Gasteiger charge is 2.08. The lowest BCUT2D eigenvalue weighted by atomic mass is 10.0. The Morgan fingerprint density at radius 3 is 1.64 bits per heavy atom. The fraction of sp³-hybridized carbons (Fsp3) is 0.625. The smallest absolute Gasteiger partial charge is 0.00670 e. The fourth-order valence-electron chi connectivity index (χ4n) is 4.86. The van der Waals surface area contributed by atoms with Gasteiger partial charge in [0, 0.05) is 6.04 Å². The van der Waals surface area contributed by atoms with Crippen LogP contribution < -0.4 is 5.32 Å². The summed E-state index contributed by atoms with van der Waals surface area (Å²) in [4.78, 5) is 0. The summed E-state index contributed by atoms with van der Waals surface area (Å²) in [6, 6.07) is 0.776. The molecule has 0 bridgehead atoms. The SMILES string of the molecule is C1=C\C=C/C=C\C(CCCCCCCNC2CCCCCCCCCCCC2)=C/C=C\C=C/1. The maximum Gasteiger partial charge on any atom is 0.00670 e. The van der Waals surface area contributed by atoms with Gasteiger partial charge in [-0.25, -0.2) is 0 Å². The van der Waals surface area contributed by atoms with E-state index < -0.39 is 0 Å². The van der Waals surface area contributed by atoms with Gasteiger partial charge in [-0.2, -0.15) is 0 Å². The normalized spacial score (nSPS) is 26.1. The average Bonchev–Trinajstić information content (AvgIpc) is 2.84. The van der Waals surface area contributed by atoms with Crippen LogP contribution in [0.1, 0.15) is 116 Å². The molecule has 0 amide bonds.